The van der Waals surface area contributed by atoms with Gasteiger partial charge in [-0.05, 0) is 0 Å². The van der Waals surface area contributed by atoms with Gasteiger partial charge in [0.2, 0.25) is 0 Å². The fourth-order valence-electron chi connectivity index (χ4n) is 0. The Morgan fingerprint density at radius 1 is 2.00 bits per heavy atom. The van der Waals surface area contributed by atoms with Crippen molar-refractivity contribution in [3.63, 3.8) is 0 Å². The topological polar surface area (TPSA) is 12.0 Å². The molecule has 22 valence electrons. The van der Waals surface area contributed by atoms with Crippen molar-refractivity contribution in [1.82, 2.24) is 5.32 Å². The second-order valence-electron chi connectivity index (χ2n) is 0.394. The minimum Gasteiger partial charge on any atom is -0.349 e. The van der Waals surface area contributed by atoms with Gasteiger partial charge in [0.25, 0.3) is 0 Å². The molecule has 4 heavy (non-hydrogen) atoms. The van der Waals surface area contributed by atoms with Gasteiger partial charge in [0, 0.05) is 13.1 Å². The van der Waals surface area contributed by atoms with Crippen molar-refractivity contribution in [1.29, 1.82) is 0 Å². The standard InChI is InChI=1S/C3H5N/c1-3-4-2/h1,4H,2H3. The quantitative estimate of drug-likeness (QED) is 0.299. The molecule has 1 N–H and O–H groups in total. The van der Waals surface area contributed by atoms with Crippen LogP contribution < -0.4 is 5.32 Å². The summed E-state index contributed by atoms with van der Waals surface area (Å²) in [7, 11) is 1.69. The molecule has 0 bridgehead atoms. The molecule has 1 nitrogen and oxygen atoms in total. The van der Waals surface area contributed by atoms with Crippen LogP contribution in [0.2, 0.25) is 0 Å². The van der Waals surface area contributed by atoms with Gasteiger partial charge < -0.3 is 5.32 Å². The lowest BCUT2D eigenvalue weighted by atomic mass is 11.1. The highest BCUT2D eigenvalue weighted by molar-refractivity contribution is 4.75. The van der Waals surface area contributed by atoms with E-state index in [-0.39, 0.29) is 0 Å². The molecule has 0 aliphatic carbocycles. The van der Waals surface area contributed by atoms with E-state index in [9.17, 15) is 0 Å². The summed E-state index contributed by atoms with van der Waals surface area (Å²) in [6.45, 7) is 0. The lowest BCUT2D eigenvalue weighted by Gasteiger charge is -1.65. The monoisotopic (exact) mass is 55.0 g/mol. The Kier molecular flexibility index (Phi) is 1.98. The van der Waals surface area contributed by atoms with E-state index in [1.807, 2.05) is 0 Å². The highest BCUT2D eigenvalue weighted by Crippen LogP contribution is 1.17. The van der Waals surface area contributed by atoms with E-state index in [1.165, 1.54) is 0 Å². The highest BCUT2D eigenvalue weighted by Gasteiger charge is 1.33. The van der Waals surface area contributed by atoms with E-state index in [1.54, 1.807) is 7.05 Å². The third kappa shape index (κ3) is 1.36. The maximum Gasteiger partial charge on any atom is 0.0116 e. The molecule has 0 aromatic carbocycles. The maximum atomic E-state index is 4.67. The van der Waals surface area contributed by atoms with Crippen molar-refractivity contribution in [2.24, 2.45) is 0 Å². The maximum absolute atomic E-state index is 4.67. The summed E-state index contributed by atoms with van der Waals surface area (Å²) < 4.78 is 0. The fraction of sp³-hybridized carbons (Fsp3) is 0.333. The average Bonchev–Trinajstić information content (AvgIpc) is 1.37. The molecule has 0 aromatic heterocycles. The largest absolute Gasteiger partial charge is 0.349 e. The summed E-state index contributed by atoms with van der Waals surface area (Å²) in [5.41, 5.74) is 0. The predicted octanol–water partition coefficient (Wildman–Crippen LogP) is -0.204. The molecule has 0 amide bonds. The number of hydrogen-bond donors (Lipinski definition) is 1. The van der Waals surface area contributed by atoms with Crippen LogP contribution in [0.15, 0.2) is 0 Å². The Balaban J connectivity index is 2.43. The van der Waals surface area contributed by atoms with Gasteiger partial charge in [-0.3, -0.25) is 0 Å². The van der Waals surface area contributed by atoms with Gasteiger partial charge in [0.1, 0.15) is 0 Å². The van der Waals surface area contributed by atoms with Gasteiger partial charge in [0.15, 0.2) is 0 Å². The Morgan fingerprint density at radius 3 is 2.25 bits per heavy atom. The molecular weight excluding hydrogens is 50.0 g/mol. The zero-order chi connectivity index (χ0) is 3.41. The average molecular weight is 55.1 g/mol. The number of hydrogen-bond acceptors (Lipinski definition) is 1. The third-order valence-corrected chi connectivity index (χ3v) is 0.144. The van der Waals surface area contributed by atoms with E-state index in [0.29, 0.717) is 0 Å². The Bertz CT molecular complexity index is 33.0. The van der Waals surface area contributed by atoms with E-state index >= 15 is 0 Å². The van der Waals surface area contributed by atoms with Crippen molar-refractivity contribution in [2.45, 2.75) is 0 Å². The molecular formula is C3H5N. The zero-order valence-corrected chi connectivity index (χ0v) is 2.58. The molecule has 0 rings (SSSR count). The molecule has 0 aromatic rings. The Morgan fingerprint density at radius 2 is 2.25 bits per heavy atom. The van der Waals surface area contributed by atoms with Crippen LogP contribution in [0.3, 0.4) is 0 Å². The van der Waals surface area contributed by atoms with Gasteiger partial charge >= 0.3 is 0 Å². The van der Waals surface area contributed by atoms with Crippen LogP contribution in [0, 0.1) is 12.5 Å². The summed E-state index contributed by atoms with van der Waals surface area (Å²) >= 11 is 0. The number of nitrogens with one attached hydrogen (secondary N) is 1. The zero-order valence-electron chi connectivity index (χ0n) is 2.58. The molecule has 0 saturated heterocycles. The van der Waals surface area contributed by atoms with Crippen LogP contribution in [0.1, 0.15) is 0 Å². The van der Waals surface area contributed by atoms with Crippen molar-refractivity contribution in [3.05, 3.63) is 0 Å². The number of rotatable bonds is 0. The van der Waals surface area contributed by atoms with Crippen LogP contribution in [-0.4, -0.2) is 7.05 Å². The van der Waals surface area contributed by atoms with E-state index in [2.05, 4.69) is 17.8 Å². The third-order valence-electron chi connectivity index (χ3n) is 0.144. The molecule has 1 heteroatoms. The van der Waals surface area contributed by atoms with Crippen LogP contribution >= 0.6 is 0 Å². The predicted molar refractivity (Wildman–Crippen MR) is 17.9 cm³/mol. The van der Waals surface area contributed by atoms with E-state index < -0.39 is 0 Å². The van der Waals surface area contributed by atoms with Gasteiger partial charge in [-0.15, -0.1) is 0 Å². The summed E-state index contributed by atoms with van der Waals surface area (Å²) in [6, 6.07) is 2.18. The second kappa shape index (κ2) is 2.36. The van der Waals surface area contributed by atoms with Crippen LogP contribution in [-0.2, 0) is 0 Å². The lowest BCUT2D eigenvalue weighted by molar-refractivity contribution is 1.16. The molecule has 0 unspecified atom stereocenters. The molecule has 0 saturated carbocycles. The first-order valence-electron chi connectivity index (χ1n) is 1.04. The Labute approximate surface area is 26.0 Å². The first-order valence-corrected chi connectivity index (χ1v) is 1.04. The molecule has 0 atom stereocenters. The minimum absolute atomic E-state index is 1.69. The van der Waals surface area contributed by atoms with Crippen LogP contribution in [0.25, 0.3) is 0 Å². The smallest absolute Gasteiger partial charge is 0.0116 e. The molecule has 0 heterocycles. The normalized spacial score (nSPS) is 4.00. The molecule has 0 fully saturated rings. The number of terminal acetylenes is 1. The summed E-state index contributed by atoms with van der Waals surface area (Å²) in [6.07, 6.45) is 4.67. The van der Waals surface area contributed by atoms with Crippen molar-refractivity contribution >= 4 is 0 Å². The molecule has 0 radical (unpaired) electrons. The Hall–Kier alpha value is -0.640. The van der Waals surface area contributed by atoms with Gasteiger partial charge in [-0.2, -0.15) is 0 Å². The lowest BCUT2D eigenvalue weighted by Crippen LogP contribution is -1.89. The first-order chi connectivity index (χ1) is 1.91. The summed E-state index contributed by atoms with van der Waals surface area (Å²) in [5, 5.41) is 2.46. The fourth-order valence-corrected chi connectivity index (χ4v) is 0. The molecule has 0 aliphatic heterocycles. The molecule has 0 spiro atoms. The van der Waals surface area contributed by atoms with E-state index in [0.717, 1.165) is 0 Å². The van der Waals surface area contributed by atoms with Crippen LogP contribution in [0.4, 0.5) is 0 Å². The van der Waals surface area contributed by atoms with E-state index in [4.69, 9.17) is 0 Å². The second-order valence-corrected chi connectivity index (χ2v) is 0.394. The summed E-state index contributed by atoms with van der Waals surface area (Å²) in [4.78, 5) is 0. The van der Waals surface area contributed by atoms with Crippen molar-refractivity contribution in [2.75, 3.05) is 7.05 Å². The summed E-state index contributed by atoms with van der Waals surface area (Å²) in [5.74, 6) is 0. The van der Waals surface area contributed by atoms with Crippen LogP contribution in [0.5, 0.6) is 0 Å². The van der Waals surface area contributed by atoms with Crippen molar-refractivity contribution in [3.8, 4) is 12.5 Å². The molecule has 0 aliphatic rings. The van der Waals surface area contributed by atoms with Gasteiger partial charge in [-0.25, -0.2) is 0 Å². The first kappa shape index (κ1) is 3.36. The minimum atomic E-state index is 1.69. The SMILES string of the molecule is C#CNC. The van der Waals surface area contributed by atoms with Crippen molar-refractivity contribution < 1.29 is 0 Å². The van der Waals surface area contributed by atoms with Gasteiger partial charge in [-0.1, -0.05) is 6.42 Å². The van der Waals surface area contributed by atoms with Gasteiger partial charge in [0.05, 0.1) is 0 Å². The highest BCUT2D eigenvalue weighted by atomic mass is 14.8.